The Morgan fingerprint density at radius 1 is 1.00 bits per heavy atom. The van der Waals surface area contributed by atoms with Gasteiger partial charge in [-0.15, -0.1) is 0 Å². The predicted octanol–water partition coefficient (Wildman–Crippen LogP) is 5.51. The number of nitrogens with one attached hydrogen (secondary N) is 2. The monoisotopic (exact) mass is 602 g/mol. The molecule has 0 unspecified atom stereocenters. The van der Waals surface area contributed by atoms with Crippen LogP contribution in [0.2, 0.25) is 0 Å². The summed E-state index contributed by atoms with van der Waals surface area (Å²) in [6, 6.07) is 19.4. The van der Waals surface area contributed by atoms with Crippen LogP contribution in [-0.2, 0) is 0 Å². The fraction of sp³-hybridized carbons (Fsp3) is 0.281. The summed E-state index contributed by atoms with van der Waals surface area (Å²) in [5.74, 6) is 1.15. The van der Waals surface area contributed by atoms with Crippen LogP contribution in [0.4, 0.5) is 10.1 Å². The number of halogens is 1. The first-order valence-corrected chi connectivity index (χ1v) is 14.5. The third-order valence-electron chi connectivity index (χ3n) is 7.05. The zero-order chi connectivity index (χ0) is 30.0. The number of aromatic nitrogens is 1. The highest BCUT2D eigenvalue weighted by molar-refractivity contribution is 7.80. The number of piperazine rings is 1. The van der Waals surface area contributed by atoms with E-state index in [2.05, 4.69) is 37.7 Å². The Balaban J connectivity index is 1.20. The van der Waals surface area contributed by atoms with Gasteiger partial charge < -0.3 is 29.3 Å². The molecular weight excluding hydrogens is 567 g/mol. The summed E-state index contributed by atoms with van der Waals surface area (Å²) in [4.78, 5) is 9.28. The van der Waals surface area contributed by atoms with Crippen LogP contribution < -0.4 is 25.0 Å². The first-order valence-electron chi connectivity index (χ1n) is 14.1. The molecule has 0 atom stereocenters. The van der Waals surface area contributed by atoms with E-state index in [1.807, 2.05) is 42.5 Å². The molecule has 2 heterocycles. The lowest BCUT2D eigenvalue weighted by atomic mass is 10.1. The lowest BCUT2D eigenvalue weighted by Gasteiger charge is -2.32. The maximum atomic E-state index is 15.0. The van der Waals surface area contributed by atoms with E-state index in [0.717, 1.165) is 44.8 Å². The average Bonchev–Trinajstić information content (AvgIpc) is 3.01. The Morgan fingerprint density at radius 2 is 1.81 bits per heavy atom. The van der Waals surface area contributed by atoms with Crippen molar-refractivity contribution in [3.63, 3.8) is 0 Å². The SMILES string of the molecule is COc1cc2c(Oc3ccc(/C=N/NC(=S)Nc4ccccc4)cc3F)ccnc2cc1OCCCN1CCN(C)CC1. The predicted molar refractivity (Wildman–Crippen MR) is 172 cm³/mol. The number of thiocarbonyl (C=S) groups is 1. The van der Waals surface area contributed by atoms with Crippen molar-refractivity contribution in [1.29, 1.82) is 0 Å². The number of para-hydroxylation sites is 1. The summed E-state index contributed by atoms with van der Waals surface area (Å²) in [6.07, 6.45) is 4.01. The van der Waals surface area contributed by atoms with Gasteiger partial charge in [0.2, 0.25) is 0 Å². The normalized spacial score (nSPS) is 14.1. The molecule has 9 nitrogen and oxygen atoms in total. The molecule has 1 aliphatic rings. The highest BCUT2D eigenvalue weighted by Gasteiger charge is 2.15. The van der Waals surface area contributed by atoms with Crippen LogP contribution in [0.15, 0.2) is 78.0 Å². The molecule has 1 fully saturated rings. The van der Waals surface area contributed by atoms with E-state index >= 15 is 4.39 Å². The molecule has 224 valence electrons. The fourth-order valence-corrected chi connectivity index (χ4v) is 4.85. The Hall–Kier alpha value is -4.32. The topological polar surface area (TPSA) is 83.5 Å². The molecule has 3 aromatic carbocycles. The van der Waals surface area contributed by atoms with E-state index in [1.54, 1.807) is 31.5 Å². The van der Waals surface area contributed by atoms with E-state index in [4.69, 9.17) is 26.4 Å². The van der Waals surface area contributed by atoms with Gasteiger partial charge in [-0.05, 0) is 73.7 Å². The lowest BCUT2D eigenvalue weighted by Crippen LogP contribution is -2.44. The second-order valence-electron chi connectivity index (χ2n) is 10.2. The molecule has 1 saturated heterocycles. The largest absolute Gasteiger partial charge is 0.493 e. The molecule has 0 saturated carbocycles. The molecule has 11 heteroatoms. The van der Waals surface area contributed by atoms with Crippen LogP contribution in [0.5, 0.6) is 23.0 Å². The second kappa shape index (κ2) is 14.7. The third-order valence-corrected chi connectivity index (χ3v) is 7.24. The van der Waals surface area contributed by atoms with Crippen molar-refractivity contribution in [3.05, 3.63) is 84.3 Å². The number of likely N-dealkylation sites (N-methyl/N-ethyl adjacent to an activating group) is 1. The number of ether oxygens (including phenoxy) is 3. The number of hydrazone groups is 1. The van der Waals surface area contributed by atoms with Crippen LogP contribution in [-0.4, -0.2) is 79.6 Å². The van der Waals surface area contributed by atoms with E-state index < -0.39 is 5.82 Å². The van der Waals surface area contributed by atoms with Gasteiger partial charge in [0, 0.05) is 56.1 Å². The van der Waals surface area contributed by atoms with Crippen LogP contribution in [0.3, 0.4) is 0 Å². The zero-order valence-corrected chi connectivity index (χ0v) is 25.1. The quantitative estimate of drug-likeness (QED) is 0.0999. The van der Waals surface area contributed by atoms with Gasteiger partial charge >= 0.3 is 0 Å². The van der Waals surface area contributed by atoms with Gasteiger partial charge in [0.25, 0.3) is 0 Å². The molecule has 0 aliphatic carbocycles. The number of pyridine rings is 1. The smallest absolute Gasteiger partial charge is 0.191 e. The number of nitrogens with zero attached hydrogens (tertiary/aromatic N) is 4. The molecule has 43 heavy (non-hydrogen) atoms. The first kappa shape index (κ1) is 30.1. The summed E-state index contributed by atoms with van der Waals surface area (Å²) >= 11 is 5.23. The number of methoxy groups -OCH3 is 1. The Morgan fingerprint density at radius 3 is 2.58 bits per heavy atom. The Bertz CT molecular complexity index is 1560. The summed E-state index contributed by atoms with van der Waals surface area (Å²) < 4.78 is 32.7. The standard InChI is InChI=1S/C32H35FN6O3S/c1-38-14-16-39(17-15-38)13-6-18-41-31-21-27-25(20-30(31)40-2)28(11-12-34-27)42-29-10-9-23(19-26(29)33)22-35-37-32(43)36-24-7-4-3-5-8-24/h3-5,7-12,19-22H,6,13-18H2,1-2H3,(H2,36,37,43)/b35-22+. The van der Waals surface area contributed by atoms with Crippen molar-refractivity contribution in [2.24, 2.45) is 5.10 Å². The van der Waals surface area contributed by atoms with E-state index in [0.29, 0.717) is 45.4 Å². The minimum atomic E-state index is -0.536. The van der Waals surface area contributed by atoms with Crippen LogP contribution in [0.25, 0.3) is 10.9 Å². The molecule has 1 aliphatic heterocycles. The third kappa shape index (κ3) is 8.38. The zero-order valence-electron chi connectivity index (χ0n) is 24.3. The van der Waals surface area contributed by atoms with Gasteiger partial charge in [-0.2, -0.15) is 5.10 Å². The van der Waals surface area contributed by atoms with Crippen molar-refractivity contribution in [3.8, 4) is 23.0 Å². The molecule has 5 rings (SSSR count). The number of anilines is 1. The minimum absolute atomic E-state index is 0.0714. The van der Waals surface area contributed by atoms with E-state index in [1.165, 1.54) is 12.3 Å². The Kier molecular flexibility index (Phi) is 10.3. The highest BCUT2D eigenvalue weighted by Crippen LogP contribution is 2.37. The number of hydrogen-bond acceptors (Lipinski definition) is 8. The van der Waals surface area contributed by atoms with Crippen molar-refractivity contribution in [2.45, 2.75) is 6.42 Å². The lowest BCUT2D eigenvalue weighted by molar-refractivity contribution is 0.145. The first-order chi connectivity index (χ1) is 21.0. The number of rotatable bonds is 11. The van der Waals surface area contributed by atoms with Crippen LogP contribution >= 0.6 is 12.2 Å². The van der Waals surface area contributed by atoms with Crippen LogP contribution in [0.1, 0.15) is 12.0 Å². The van der Waals surface area contributed by atoms with Crippen molar-refractivity contribution >= 4 is 40.1 Å². The molecule has 2 N–H and O–H groups in total. The summed E-state index contributed by atoms with van der Waals surface area (Å²) in [5.41, 5.74) is 4.75. The number of hydrogen-bond donors (Lipinski definition) is 2. The summed E-state index contributed by atoms with van der Waals surface area (Å²) in [6.45, 7) is 5.91. The summed E-state index contributed by atoms with van der Waals surface area (Å²) in [7, 11) is 3.75. The number of fused-ring (bicyclic) bond motifs is 1. The van der Waals surface area contributed by atoms with Gasteiger partial charge in [0.15, 0.2) is 28.2 Å². The van der Waals surface area contributed by atoms with Crippen molar-refractivity contribution in [1.82, 2.24) is 20.2 Å². The van der Waals surface area contributed by atoms with Gasteiger partial charge in [-0.25, -0.2) is 4.39 Å². The van der Waals surface area contributed by atoms with E-state index in [9.17, 15) is 0 Å². The average molecular weight is 603 g/mol. The van der Waals surface area contributed by atoms with Gasteiger partial charge in [0.1, 0.15) is 5.75 Å². The van der Waals surface area contributed by atoms with Gasteiger partial charge in [-0.3, -0.25) is 10.4 Å². The highest BCUT2D eigenvalue weighted by atomic mass is 32.1. The Labute approximate surface area is 256 Å². The molecule has 1 aromatic heterocycles. The van der Waals surface area contributed by atoms with Crippen molar-refractivity contribution < 1.29 is 18.6 Å². The second-order valence-corrected chi connectivity index (χ2v) is 10.6. The number of benzene rings is 3. The maximum Gasteiger partial charge on any atom is 0.191 e. The fourth-order valence-electron chi connectivity index (χ4n) is 4.68. The maximum absolute atomic E-state index is 15.0. The van der Waals surface area contributed by atoms with Crippen molar-refractivity contribution in [2.75, 3.05) is 58.8 Å². The van der Waals surface area contributed by atoms with E-state index in [-0.39, 0.29) is 5.75 Å². The minimum Gasteiger partial charge on any atom is -0.493 e. The van der Waals surface area contributed by atoms with Gasteiger partial charge in [-0.1, -0.05) is 18.2 Å². The molecular formula is C32H35FN6O3S. The molecule has 0 radical (unpaired) electrons. The summed E-state index contributed by atoms with van der Waals surface area (Å²) in [5, 5.41) is 8.11. The molecule has 0 spiro atoms. The molecule has 0 bridgehead atoms. The molecule has 0 amide bonds. The van der Waals surface area contributed by atoms with Crippen LogP contribution in [0, 0.1) is 5.82 Å². The van der Waals surface area contributed by atoms with Gasteiger partial charge in [0.05, 0.1) is 25.4 Å². The molecule has 4 aromatic rings.